The van der Waals surface area contributed by atoms with Crippen molar-refractivity contribution in [1.82, 2.24) is 14.9 Å². The molecule has 121 heavy (non-hydrogen) atoms. The molecular weight excluding hydrogens is 1520 g/mol. The van der Waals surface area contributed by atoms with Crippen molar-refractivity contribution in [2.75, 3.05) is 58.9 Å². The van der Waals surface area contributed by atoms with E-state index in [1.54, 1.807) is 31.5 Å². The number of hydrogen-bond acceptors (Lipinski definition) is 16. The van der Waals surface area contributed by atoms with Crippen LogP contribution in [0.4, 0.5) is 11.4 Å². The smallest absolute Gasteiger partial charge is 0.338 e. The molecule has 0 unspecified atom stereocenters. The standard InChI is InChI=1S/C29H32N2O4.C27H22O5.C23H19NO3.C22H20N2O3.H2/c1-20-5-12-24(30-28(33)29(15-16-29)23-10-13-25(35-4)14-11-23)17-26(20)22-8-6-21(7-9-22)18-31(2)27(32)19-34-3;1-16-2-3-17(10-22(16)18-4-6-21-19(12-18)14-30-26(21)29)11-25(28)27(8-9-27)20-5-7-23-24(13-20)32-15-31-23;25-22(13-16-2-1-3-18(12-16)17-6-10-24-11-7-17)23(8-9-23)19-4-5-20-21(14-19)27-15-26-20;1-14-4-6-16(12-17(14)18-3-2-10-23-18)24-21(25)22(8-9-22)15-5-7-19-20(11-15)27-13-26-19;/h5-14,17H,15-16,18-19H2,1-4H3,(H,30,33);2-7,10,12-13H,8-9,11,14-15H2,1H3;1-7,10-12,14H,8-9,13,15H2;2-7,10-12,23H,8-9,13H2,1H3,(H,24,25);1H. The summed E-state index contributed by atoms with van der Waals surface area (Å²) in [5, 5.41) is 6.26. The lowest BCUT2D eigenvalue weighted by Crippen LogP contribution is -2.29. The minimum absolute atomic E-state index is 0. The van der Waals surface area contributed by atoms with Crippen molar-refractivity contribution in [2.24, 2.45) is 0 Å². The number of rotatable bonds is 23. The minimum atomic E-state index is -0.474. The number of cyclic esters (lactones) is 1. The summed E-state index contributed by atoms with van der Waals surface area (Å²) in [6.45, 7) is 7.82. The van der Waals surface area contributed by atoms with Gasteiger partial charge in [-0.25, -0.2) is 4.79 Å². The molecular formula is C101H95N5O15. The third-order valence-electron chi connectivity index (χ3n) is 24.6. The van der Waals surface area contributed by atoms with E-state index in [0.717, 1.165) is 209 Å². The Morgan fingerprint density at radius 1 is 0.438 bits per heavy atom. The fraction of sp³-hybridized carbons (Fsp3) is 0.257. The Balaban J connectivity index is 0.000000121. The van der Waals surface area contributed by atoms with Gasteiger partial charge in [0.15, 0.2) is 34.5 Å². The van der Waals surface area contributed by atoms with Crippen LogP contribution < -0.4 is 43.8 Å². The van der Waals surface area contributed by atoms with Crippen LogP contribution in [0.25, 0.3) is 44.6 Å². The summed E-state index contributed by atoms with van der Waals surface area (Å²) in [5.41, 5.74) is 20.5. The first-order valence-electron chi connectivity index (χ1n) is 40.9. The summed E-state index contributed by atoms with van der Waals surface area (Å²) >= 11 is 0. The van der Waals surface area contributed by atoms with Crippen LogP contribution in [0.3, 0.4) is 0 Å². The second-order valence-electron chi connectivity index (χ2n) is 32.4. The molecule has 6 heterocycles. The second kappa shape index (κ2) is 33.7. The van der Waals surface area contributed by atoms with Gasteiger partial charge >= 0.3 is 5.97 Å². The normalized spacial score (nSPS) is 15.7. The van der Waals surface area contributed by atoms with Gasteiger partial charge in [-0.15, -0.1) is 0 Å². The molecule has 12 aromatic rings. The molecule has 4 aliphatic carbocycles. The highest BCUT2D eigenvalue weighted by atomic mass is 16.7. The molecule has 3 amide bonds. The minimum Gasteiger partial charge on any atom is -0.497 e. The van der Waals surface area contributed by atoms with E-state index in [2.05, 4.69) is 77.8 Å². The molecule has 4 aliphatic heterocycles. The summed E-state index contributed by atoms with van der Waals surface area (Å²) in [4.78, 5) is 85.6. The van der Waals surface area contributed by atoms with Gasteiger partial charge in [0, 0.05) is 81.8 Å². The number of carbonyl (C=O) groups is 6. The number of likely N-dealkylation sites (N-methyl/N-ethyl adjacent to an activating group) is 1. The van der Waals surface area contributed by atoms with E-state index in [1.807, 2.05) is 194 Å². The number of nitrogens with one attached hydrogen (secondary N) is 3. The van der Waals surface area contributed by atoms with Gasteiger partial charge < -0.3 is 63.1 Å². The van der Waals surface area contributed by atoms with E-state index in [1.165, 1.54) is 7.11 Å². The highest BCUT2D eigenvalue weighted by Crippen LogP contribution is 2.55. The third kappa shape index (κ3) is 16.8. The van der Waals surface area contributed by atoms with Crippen molar-refractivity contribution in [1.29, 1.82) is 0 Å². The maximum Gasteiger partial charge on any atom is 0.338 e. The van der Waals surface area contributed by atoms with Gasteiger partial charge in [0.25, 0.3) is 0 Å². The van der Waals surface area contributed by atoms with E-state index < -0.39 is 16.2 Å². The van der Waals surface area contributed by atoms with Gasteiger partial charge in [-0.3, -0.25) is 29.0 Å². The number of aromatic nitrogens is 2. The molecule has 4 fully saturated rings. The van der Waals surface area contributed by atoms with Crippen LogP contribution in [-0.4, -0.2) is 98.4 Å². The fourth-order valence-electron chi connectivity index (χ4n) is 16.6. The molecule has 4 saturated carbocycles. The molecule has 0 saturated heterocycles. The first-order valence-corrected chi connectivity index (χ1v) is 40.9. The van der Waals surface area contributed by atoms with Crippen LogP contribution in [0.5, 0.6) is 40.2 Å². The molecule has 10 aromatic carbocycles. The summed E-state index contributed by atoms with van der Waals surface area (Å²) in [6.07, 6.45) is 13.2. The highest BCUT2D eigenvalue weighted by Gasteiger charge is 2.54. The van der Waals surface area contributed by atoms with Crippen LogP contribution in [-0.2, 0) is 81.1 Å². The maximum atomic E-state index is 13.4. The van der Waals surface area contributed by atoms with Gasteiger partial charge in [-0.1, -0.05) is 115 Å². The molecule has 0 atom stereocenters. The van der Waals surface area contributed by atoms with E-state index >= 15 is 0 Å². The lowest BCUT2D eigenvalue weighted by molar-refractivity contribution is -0.134. The highest BCUT2D eigenvalue weighted by molar-refractivity contribution is 6.03. The summed E-state index contributed by atoms with van der Waals surface area (Å²) in [7, 11) is 4.92. The largest absolute Gasteiger partial charge is 0.497 e. The molecule has 2 aromatic heterocycles. The molecule has 0 bridgehead atoms. The molecule has 0 spiro atoms. The number of hydrogen-bond donors (Lipinski definition) is 3. The van der Waals surface area contributed by atoms with E-state index in [-0.39, 0.29) is 69.1 Å². The SMILES string of the molecule is COCC(=O)N(C)Cc1ccc(-c2cc(NC(=O)C3(c4ccc(OC)cc4)CC3)ccc2C)cc1.Cc1ccc(CC(=O)C2(c3ccc4c(c3)OCO4)CC2)cc1-c1ccc2c(c1)COC2=O.Cc1ccc(NC(=O)C2(c3ccc4c(c3)OCO4)CC2)cc1-c1ccc[nH]1.O=C(Cc1cccc(-c2ccncc2)c1)C1(c2ccc3c(c2)OCO3)CC1.[HH]. The number of benzene rings is 10. The zero-order valence-corrected chi connectivity index (χ0v) is 68.4. The average molecular weight is 1620 g/mol. The third-order valence-corrected chi connectivity index (χ3v) is 24.6. The van der Waals surface area contributed by atoms with Crippen LogP contribution in [0, 0.1) is 20.8 Å². The zero-order chi connectivity index (χ0) is 83.6. The van der Waals surface area contributed by atoms with E-state index in [9.17, 15) is 28.8 Å². The lowest BCUT2D eigenvalue weighted by atomic mass is 9.86. The Labute approximate surface area is 703 Å². The predicted octanol–water partition coefficient (Wildman–Crippen LogP) is 18.8. The number of amides is 3. The summed E-state index contributed by atoms with van der Waals surface area (Å²) in [6, 6.07) is 73.7. The number of aryl methyl sites for hydroxylation is 3. The molecule has 20 rings (SSSR count). The molecule has 20 heteroatoms. The van der Waals surface area contributed by atoms with Gasteiger partial charge in [0.05, 0.1) is 34.3 Å². The number of ether oxygens (including phenoxy) is 9. The number of carbonyl (C=O) groups excluding carboxylic acids is 6. The van der Waals surface area contributed by atoms with Gasteiger partial charge in [-0.2, -0.15) is 0 Å². The number of methoxy groups -OCH3 is 2. The number of Topliss-reactive ketones (excluding diaryl/α,β-unsaturated/α-hetero) is 2. The number of esters is 1. The van der Waals surface area contributed by atoms with Gasteiger partial charge in [0.1, 0.15) is 30.5 Å². The van der Waals surface area contributed by atoms with Crippen molar-refractivity contribution in [3.05, 3.63) is 310 Å². The molecule has 8 aliphatic rings. The second-order valence-corrected chi connectivity index (χ2v) is 32.4. The molecule has 614 valence electrons. The summed E-state index contributed by atoms with van der Waals surface area (Å²) in [5.74, 6) is 5.44. The van der Waals surface area contributed by atoms with Crippen molar-refractivity contribution in [2.45, 2.75) is 120 Å². The van der Waals surface area contributed by atoms with E-state index in [0.29, 0.717) is 31.6 Å². The number of fused-ring (bicyclic) bond motifs is 4. The monoisotopic (exact) mass is 1620 g/mol. The average Bonchev–Trinajstić information content (AvgIpc) is 1.58. The van der Waals surface area contributed by atoms with Crippen molar-refractivity contribution < 1.29 is 72.8 Å². The first-order chi connectivity index (χ1) is 58.8. The number of anilines is 2. The number of ketones is 2. The van der Waals surface area contributed by atoms with Crippen molar-refractivity contribution in [3.8, 4) is 84.9 Å². The molecule has 20 nitrogen and oxygen atoms in total. The van der Waals surface area contributed by atoms with E-state index in [4.69, 9.17) is 42.6 Å². The first kappa shape index (κ1) is 79.9. The molecule has 3 N–H and O–H groups in total. The number of aromatic amines is 1. The van der Waals surface area contributed by atoms with Gasteiger partial charge in [0.2, 0.25) is 38.1 Å². The molecule has 0 radical (unpaired) electrons. The fourth-order valence-corrected chi connectivity index (χ4v) is 16.6. The quantitative estimate of drug-likeness (QED) is 0.0504. The Bertz CT molecular complexity index is 5970. The number of nitrogens with zero attached hydrogens (tertiary/aromatic N) is 2. The Hall–Kier alpha value is -13.6. The zero-order valence-electron chi connectivity index (χ0n) is 68.4. The lowest BCUT2D eigenvalue weighted by Gasteiger charge is -2.18. The van der Waals surface area contributed by atoms with Crippen LogP contribution in [0.15, 0.2) is 243 Å². The van der Waals surface area contributed by atoms with Crippen LogP contribution in [0.2, 0.25) is 0 Å². The maximum absolute atomic E-state index is 13.4. The van der Waals surface area contributed by atoms with Gasteiger partial charge in [-0.05, 0) is 270 Å². The van der Waals surface area contributed by atoms with Crippen LogP contribution >= 0.6 is 0 Å². The topological polar surface area (TPSA) is 241 Å². The Morgan fingerprint density at radius 2 is 0.926 bits per heavy atom. The van der Waals surface area contributed by atoms with Crippen LogP contribution in [0.1, 0.15) is 124 Å². The Kier molecular flexibility index (Phi) is 22.2. The Morgan fingerprint density at radius 3 is 1.46 bits per heavy atom. The number of H-pyrrole nitrogens is 1. The summed E-state index contributed by atoms with van der Waals surface area (Å²) < 4.78 is 48.0. The predicted molar refractivity (Wildman–Crippen MR) is 462 cm³/mol. The number of pyridine rings is 1. The van der Waals surface area contributed by atoms with Crippen molar-refractivity contribution in [3.63, 3.8) is 0 Å². The van der Waals surface area contributed by atoms with Crippen molar-refractivity contribution >= 4 is 46.6 Å².